The molecule has 0 aliphatic heterocycles. The summed E-state index contributed by atoms with van der Waals surface area (Å²) in [6, 6.07) is 8.40. The van der Waals surface area contributed by atoms with Crippen molar-refractivity contribution in [3.8, 4) is 0 Å². The molecule has 0 amide bonds. The first-order chi connectivity index (χ1) is 5.22. The molecule has 2 atom stereocenters. The first-order valence-electron chi connectivity index (χ1n) is 3.10. The van der Waals surface area contributed by atoms with Crippen LogP contribution in [0.3, 0.4) is 0 Å². The van der Waals surface area contributed by atoms with Crippen LogP contribution in [0.2, 0.25) is 0 Å². The minimum Gasteiger partial charge on any atom is -0.345 e. The normalized spacial score (nSPS) is 13.0. The predicted octanol–water partition coefficient (Wildman–Crippen LogP) is 1.41. The van der Waals surface area contributed by atoms with E-state index in [0.29, 0.717) is 5.56 Å². The van der Waals surface area contributed by atoms with Crippen LogP contribution in [0.5, 0.6) is 0 Å². The van der Waals surface area contributed by atoms with Crippen LogP contribution < -0.4 is 0 Å². The topological polar surface area (TPSA) is 57.5 Å². The second-order valence-corrected chi connectivity index (χ2v) is 3.18. The van der Waals surface area contributed by atoms with Crippen LogP contribution in [0.4, 0.5) is 0 Å². The second kappa shape index (κ2) is 5.71. The molecule has 0 radical (unpaired) electrons. The van der Waals surface area contributed by atoms with Crippen molar-refractivity contribution >= 4 is 8.03 Å². The van der Waals surface area contributed by atoms with Crippen LogP contribution in [0.1, 0.15) is 11.4 Å². The van der Waals surface area contributed by atoms with Gasteiger partial charge in [-0.1, -0.05) is 30.3 Å². The van der Waals surface area contributed by atoms with E-state index in [1.165, 1.54) is 0 Å². The fourth-order valence-electron chi connectivity index (χ4n) is 0.753. The Morgan fingerprint density at radius 3 is 2.17 bits per heavy atom. The molecule has 12 heavy (non-hydrogen) atoms. The van der Waals surface area contributed by atoms with Gasteiger partial charge >= 0.3 is 13.9 Å². The monoisotopic (exact) mass is 261 g/mol. The molecule has 2 unspecified atom stereocenters. The number of hydrogen-bond acceptors (Lipinski definition) is 2. The number of aliphatic hydroxyl groups is 1. The molecule has 0 fully saturated rings. The summed E-state index contributed by atoms with van der Waals surface area (Å²) in [6.45, 7) is 0. The van der Waals surface area contributed by atoms with Crippen molar-refractivity contribution in [2.24, 2.45) is 0 Å². The van der Waals surface area contributed by atoms with E-state index in [0.717, 1.165) is 0 Å². The molecule has 0 aliphatic rings. The maximum absolute atomic E-state index is 10.4. The van der Waals surface area contributed by atoms with Crippen molar-refractivity contribution in [1.82, 2.24) is 0 Å². The molecule has 1 aromatic rings. The molecule has 1 rings (SSSR count). The van der Waals surface area contributed by atoms with E-state index >= 15 is 0 Å². The van der Waals surface area contributed by atoms with Crippen LogP contribution in [-0.4, -0.2) is 10.00 Å². The van der Waals surface area contributed by atoms with Gasteiger partial charge in [0.2, 0.25) is 0 Å². The van der Waals surface area contributed by atoms with Gasteiger partial charge in [-0.2, -0.15) is 4.89 Å². The Balaban J connectivity index is 0.00000121. The Morgan fingerprint density at radius 2 is 1.75 bits per heavy atom. The average Bonchev–Trinajstić information content (AvgIpc) is 2.05. The van der Waals surface area contributed by atoms with E-state index < -0.39 is 13.9 Å². The van der Waals surface area contributed by atoms with E-state index in [2.05, 4.69) is 0 Å². The van der Waals surface area contributed by atoms with Crippen molar-refractivity contribution in [3.63, 3.8) is 0 Å². The summed E-state index contributed by atoms with van der Waals surface area (Å²) < 4.78 is 10.4. The van der Waals surface area contributed by atoms with E-state index in [1.54, 1.807) is 30.3 Å². The Bertz CT molecular complexity index is 252. The SMILES string of the molecule is O=[P+](O)C(O)c1ccccc1.[Zr]. The van der Waals surface area contributed by atoms with E-state index in [-0.39, 0.29) is 26.2 Å². The van der Waals surface area contributed by atoms with Gasteiger partial charge in [0.05, 0.1) is 0 Å². The van der Waals surface area contributed by atoms with Crippen molar-refractivity contribution < 1.29 is 40.8 Å². The Morgan fingerprint density at radius 1 is 1.25 bits per heavy atom. The zero-order valence-corrected chi connectivity index (χ0v) is 9.57. The standard InChI is InChI=1S/C7H7O3P.Zr/c8-7(11(9)10)6-4-2-1-3-5-6;/h1-5,7-8H;/p+1. The van der Waals surface area contributed by atoms with Gasteiger partial charge in [0.25, 0.3) is 0 Å². The number of rotatable bonds is 2. The number of aliphatic hydroxyl groups excluding tert-OH is 1. The fourth-order valence-corrected chi connectivity index (χ4v) is 1.18. The molecule has 2 N–H and O–H groups in total. The Labute approximate surface area is 90.4 Å². The van der Waals surface area contributed by atoms with Crippen molar-refractivity contribution in [2.75, 3.05) is 0 Å². The quantitative estimate of drug-likeness (QED) is 0.792. The van der Waals surface area contributed by atoms with Crippen LogP contribution in [0.25, 0.3) is 0 Å². The van der Waals surface area contributed by atoms with E-state index in [4.69, 9.17) is 10.00 Å². The third-order valence-corrected chi connectivity index (χ3v) is 2.02. The maximum atomic E-state index is 10.4. The number of benzene rings is 1. The van der Waals surface area contributed by atoms with Gasteiger partial charge in [0.15, 0.2) is 0 Å². The molecule has 1 aromatic carbocycles. The maximum Gasteiger partial charge on any atom is 0.542 e. The Kier molecular flexibility index (Phi) is 5.77. The summed E-state index contributed by atoms with van der Waals surface area (Å²) in [5.74, 6) is -1.26. The van der Waals surface area contributed by atoms with Gasteiger partial charge in [-0.3, -0.25) is 0 Å². The summed E-state index contributed by atoms with van der Waals surface area (Å²) in [7, 11) is -2.53. The summed E-state index contributed by atoms with van der Waals surface area (Å²) in [5, 5.41) is 9.06. The third-order valence-electron chi connectivity index (χ3n) is 1.31. The first kappa shape index (κ1) is 12.1. The zero-order chi connectivity index (χ0) is 8.27. The molecule has 0 heterocycles. The molecule has 0 aromatic heterocycles. The van der Waals surface area contributed by atoms with Crippen molar-refractivity contribution in [1.29, 1.82) is 0 Å². The summed E-state index contributed by atoms with van der Waals surface area (Å²) >= 11 is 0. The largest absolute Gasteiger partial charge is 0.542 e. The van der Waals surface area contributed by atoms with Gasteiger partial charge in [-0.25, -0.2) is 0 Å². The van der Waals surface area contributed by atoms with Gasteiger partial charge in [-0.05, 0) is 4.57 Å². The van der Waals surface area contributed by atoms with Crippen molar-refractivity contribution in [3.05, 3.63) is 35.9 Å². The molecule has 0 saturated heterocycles. The molecular formula is C7H8O3PZr+. The molecule has 62 valence electrons. The molecule has 5 heteroatoms. The minimum absolute atomic E-state index is 0. The van der Waals surface area contributed by atoms with Crippen LogP contribution in [0.15, 0.2) is 30.3 Å². The van der Waals surface area contributed by atoms with Crippen molar-refractivity contribution in [2.45, 2.75) is 5.85 Å². The predicted molar refractivity (Wildman–Crippen MR) is 41.2 cm³/mol. The van der Waals surface area contributed by atoms with Crippen LogP contribution in [0, 0.1) is 0 Å². The van der Waals surface area contributed by atoms with Crippen LogP contribution >= 0.6 is 8.03 Å². The van der Waals surface area contributed by atoms with Gasteiger partial charge in [-0.15, -0.1) is 0 Å². The molecule has 3 nitrogen and oxygen atoms in total. The Hall–Kier alpha value is 0.123. The molecular weight excluding hydrogens is 254 g/mol. The second-order valence-electron chi connectivity index (χ2n) is 2.09. The molecule has 0 bridgehead atoms. The van der Waals surface area contributed by atoms with Gasteiger partial charge in [0.1, 0.15) is 0 Å². The third kappa shape index (κ3) is 3.24. The smallest absolute Gasteiger partial charge is 0.345 e. The number of hydrogen-bond donors (Lipinski definition) is 2. The fraction of sp³-hybridized carbons (Fsp3) is 0.143. The summed E-state index contributed by atoms with van der Waals surface area (Å²) in [4.78, 5) is 8.53. The summed E-state index contributed by atoms with van der Waals surface area (Å²) in [5.41, 5.74) is 0.469. The molecule has 0 spiro atoms. The van der Waals surface area contributed by atoms with Gasteiger partial charge < -0.3 is 5.11 Å². The van der Waals surface area contributed by atoms with Crippen LogP contribution in [-0.2, 0) is 30.8 Å². The molecule has 0 aliphatic carbocycles. The van der Waals surface area contributed by atoms with E-state index in [9.17, 15) is 4.57 Å². The van der Waals surface area contributed by atoms with Gasteiger partial charge in [0, 0.05) is 31.8 Å². The first-order valence-corrected chi connectivity index (χ1v) is 4.38. The molecule has 0 saturated carbocycles. The zero-order valence-electron chi connectivity index (χ0n) is 6.21. The minimum atomic E-state index is -2.53. The average molecular weight is 262 g/mol. The summed E-state index contributed by atoms with van der Waals surface area (Å²) in [6.07, 6.45) is 0. The van der Waals surface area contributed by atoms with E-state index in [1.807, 2.05) is 0 Å².